The molecule has 6 nitrogen and oxygen atoms in total. The Morgan fingerprint density at radius 1 is 0.935 bits per heavy atom. The van der Waals surface area contributed by atoms with Crippen molar-refractivity contribution in [3.05, 3.63) is 89.5 Å². The van der Waals surface area contributed by atoms with Crippen LogP contribution in [-0.2, 0) is 10.0 Å². The summed E-state index contributed by atoms with van der Waals surface area (Å²) in [5.74, 6) is 0.356. The smallest absolute Gasteiger partial charge is 0.261 e. The summed E-state index contributed by atoms with van der Waals surface area (Å²) in [6, 6.07) is 20.4. The molecule has 3 aromatic rings. The molecule has 7 heteroatoms. The van der Waals surface area contributed by atoms with Crippen LogP contribution >= 0.6 is 0 Å². The predicted molar refractivity (Wildman–Crippen MR) is 122 cm³/mol. The Morgan fingerprint density at radius 3 is 2.35 bits per heavy atom. The lowest BCUT2D eigenvalue weighted by Crippen LogP contribution is -2.36. The van der Waals surface area contributed by atoms with Gasteiger partial charge in [-0.1, -0.05) is 35.9 Å². The highest BCUT2D eigenvalue weighted by atomic mass is 32.2. The summed E-state index contributed by atoms with van der Waals surface area (Å²) in [6.45, 7) is 6.00. The fraction of sp³-hybridized carbons (Fsp3) is 0.208. The quantitative estimate of drug-likeness (QED) is 0.549. The minimum Gasteiger partial charge on any atom is -0.491 e. The van der Waals surface area contributed by atoms with E-state index in [2.05, 4.69) is 10.0 Å². The molecule has 2 N–H and O–H groups in total. The number of carbonyl (C=O) groups is 1. The van der Waals surface area contributed by atoms with Crippen LogP contribution in [0.3, 0.4) is 0 Å². The van der Waals surface area contributed by atoms with Crippen molar-refractivity contribution in [1.82, 2.24) is 5.32 Å². The third-order valence-corrected chi connectivity index (χ3v) is 5.95. The molecule has 1 atom stereocenters. The fourth-order valence-corrected chi connectivity index (χ4v) is 4.03. The summed E-state index contributed by atoms with van der Waals surface area (Å²) in [5.41, 5.74) is 2.81. The third kappa shape index (κ3) is 6.33. The number of hydrogen-bond acceptors (Lipinski definition) is 4. The molecule has 1 amide bonds. The van der Waals surface area contributed by atoms with E-state index >= 15 is 0 Å². The maximum absolute atomic E-state index is 12.7. The van der Waals surface area contributed by atoms with Crippen LogP contribution in [0.4, 0.5) is 5.69 Å². The van der Waals surface area contributed by atoms with Crippen molar-refractivity contribution in [3.8, 4) is 5.75 Å². The highest BCUT2D eigenvalue weighted by molar-refractivity contribution is 7.92. The number of anilines is 1. The van der Waals surface area contributed by atoms with Gasteiger partial charge in [0.1, 0.15) is 12.4 Å². The maximum atomic E-state index is 12.7. The van der Waals surface area contributed by atoms with E-state index in [-0.39, 0.29) is 22.4 Å². The molecule has 3 aromatic carbocycles. The van der Waals surface area contributed by atoms with Gasteiger partial charge >= 0.3 is 0 Å². The van der Waals surface area contributed by atoms with Crippen molar-refractivity contribution >= 4 is 21.6 Å². The van der Waals surface area contributed by atoms with Gasteiger partial charge in [0.15, 0.2) is 0 Å². The van der Waals surface area contributed by atoms with E-state index in [1.54, 1.807) is 30.3 Å². The number of sulfonamides is 1. The molecule has 0 spiro atoms. The molecular weight excluding hydrogens is 412 g/mol. The topological polar surface area (TPSA) is 84.5 Å². The van der Waals surface area contributed by atoms with Gasteiger partial charge in [0, 0.05) is 11.3 Å². The van der Waals surface area contributed by atoms with Crippen molar-refractivity contribution in [2.75, 3.05) is 11.3 Å². The highest BCUT2D eigenvalue weighted by Gasteiger charge is 2.17. The zero-order chi connectivity index (χ0) is 22.4. The molecule has 0 saturated carbocycles. The Bertz CT molecular complexity index is 1160. The first-order valence-electron chi connectivity index (χ1n) is 9.93. The van der Waals surface area contributed by atoms with Crippen LogP contribution < -0.4 is 14.8 Å². The average Bonchev–Trinajstić information content (AvgIpc) is 2.73. The SMILES string of the molecule is Cc1ccc(OC[C@H](C)NC(=O)c2cccc(S(=O)(=O)Nc3cccc(C)c3)c2)cc1. The van der Waals surface area contributed by atoms with Crippen LogP contribution in [0.5, 0.6) is 5.75 Å². The van der Waals surface area contributed by atoms with Gasteiger partial charge in [-0.3, -0.25) is 9.52 Å². The zero-order valence-electron chi connectivity index (χ0n) is 17.8. The standard InChI is InChI=1S/C24H26N2O4S/c1-17-10-12-22(13-11-17)30-16-19(3)25-24(27)20-7-5-9-23(15-20)31(28,29)26-21-8-4-6-18(2)14-21/h4-15,19,26H,16H2,1-3H3,(H,25,27)/t19-/m0/s1. The molecule has 0 bridgehead atoms. The first kappa shape index (κ1) is 22.4. The van der Waals surface area contributed by atoms with Crippen LogP contribution in [0, 0.1) is 13.8 Å². The van der Waals surface area contributed by atoms with E-state index in [1.807, 2.05) is 51.1 Å². The lowest BCUT2D eigenvalue weighted by molar-refractivity contribution is 0.0926. The van der Waals surface area contributed by atoms with E-state index in [0.717, 1.165) is 16.9 Å². The van der Waals surface area contributed by atoms with Gasteiger partial charge in [-0.2, -0.15) is 0 Å². The lowest BCUT2D eigenvalue weighted by atomic mass is 10.2. The van der Waals surface area contributed by atoms with Gasteiger partial charge in [0.25, 0.3) is 15.9 Å². The van der Waals surface area contributed by atoms with Gasteiger partial charge in [0.05, 0.1) is 10.9 Å². The molecule has 0 aliphatic heterocycles. The minimum absolute atomic E-state index is 0.0187. The van der Waals surface area contributed by atoms with Crippen molar-refractivity contribution < 1.29 is 17.9 Å². The number of hydrogen-bond donors (Lipinski definition) is 2. The maximum Gasteiger partial charge on any atom is 0.261 e. The van der Waals surface area contributed by atoms with Crippen molar-refractivity contribution in [1.29, 1.82) is 0 Å². The number of amides is 1. The fourth-order valence-electron chi connectivity index (χ4n) is 2.93. The number of rotatable bonds is 8. The molecule has 0 aromatic heterocycles. The number of nitrogens with one attached hydrogen (secondary N) is 2. The van der Waals surface area contributed by atoms with Gasteiger partial charge in [-0.25, -0.2) is 8.42 Å². The predicted octanol–water partition coefficient (Wildman–Crippen LogP) is 4.30. The monoisotopic (exact) mass is 438 g/mol. The Labute approximate surface area is 183 Å². The average molecular weight is 439 g/mol. The second-order valence-electron chi connectivity index (χ2n) is 7.50. The Morgan fingerprint density at radius 2 is 1.65 bits per heavy atom. The Balaban J connectivity index is 1.64. The molecule has 0 aliphatic rings. The van der Waals surface area contributed by atoms with E-state index < -0.39 is 10.0 Å². The molecule has 31 heavy (non-hydrogen) atoms. The van der Waals surface area contributed by atoms with E-state index in [9.17, 15) is 13.2 Å². The van der Waals surface area contributed by atoms with Gasteiger partial charge in [-0.05, 0) is 68.8 Å². The van der Waals surface area contributed by atoms with Crippen LogP contribution in [0.15, 0.2) is 77.7 Å². The van der Waals surface area contributed by atoms with Crippen LogP contribution in [0.1, 0.15) is 28.4 Å². The molecule has 0 unspecified atom stereocenters. The molecule has 3 rings (SSSR count). The summed E-state index contributed by atoms with van der Waals surface area (Å²) >= 11 is 0. The summed E-state index contributed by atoms with van der Waals surface area (Å²) in [4.78, 5) is 12.6. The molecular formula is C24H26N2O4S. The van der Waals surface area contributed by atoms with Crippen LogP contribution in [0.25, 0.3) is 0 Å². The van der Waals surface area contributed by atoms with Crippen molar-refractivity contribution in [2.45, 2.75) is 31.7 Å². The molecule has 0 radical (unpaired) electrons. The van der Waals surface area contributed by atoms with E-state index in [0.29, 0.717) is 12.3 Å². The zero-order valence-corrected chi connectivity index (χ0v) is 18.6. The van der Waals surface area contributed by atoms with E-state index in [1.165, 1.54) is 12.1 Å². The molecule has 0 heterocycles. The summed E-state index contributed by atoms with van der Waals surface area (Å²) in [5, 5.41) is 2.83. The van der Waals surface area contributed by atoms with Crippen LogP contribution in [0.2, 0.25) is 0 Å². The number of benzene rings is 3. The number of ether oxygens (including phenoxy) is 1. The largest absolute Gasteiger partial charge is 0.491 e. The molecule has 0 saturated heterocycles. The lowest BCUT2D eigenvalue weighted by Gasteiger charge is -2.16. The van der Waals surface area contributed by atoms with Gasteiger partial charge in [0.2, 0.25) is 0 Å². The first-order chi connectivity index (χ1) is 14.7. The van der Waals surface area contributed by atoms with Crippen molar-refractivity contribution in [3.63, 3.8) is 0 Å². The second-order valence-corrected chi connectivity index (χ2v) is 9.18. The Kier molecular flexibility index (Phi) is 6.97. The summed E-state index contributed by atoms with van der Waals surface area (Å²) in [6.07, 6.45) is 0. The highest BCUT2D eigenvalue weighted by Crippen LogP contribution is 2.18. The van der Waals surface area contributed by atoms with Gasteiger partial charge < -0.3 is 10.1 Å². The van der Waals surface area contributed by atoms with Crippen molar-refractivity contribution in [2.24, 2.45) is 0 Å². The third-order valence-electron chi connectivity index (χ3n) is 4.58. The number of carbonyl (C=O) groups excluding carboxylic acids is 1. The molecule has 162 valence electrons. The summed E-state index contributed by atoms with van der Waals surface area (Å²) < 4.78 is 33.7. The van der Waals surface area contributed by atoms with Crippen LogP contribution in [-0.4, -0.2) is 27.0 Å². The Hall–Kier alpha value is -3.32. The summed E-state index contributed by atoms with van der Waals surface area (Å²) in [7, 11) is -3.82. The normalized spacial score (nSPS) is 12.1. The first-order valence-corrected chi connectivity index (χ1v) is 11.4. The van der Waals surface area contributed by atoms with Gasteiger partial charge in [-0.15, -0.1) is 0 Å². The number of aryl methyl sites for hydroxylation is 2. The molecule has 0 fully saturated rings. The second kappa shape index (κ2) is 9.66. The minimum atomic E-state index is -3.82. The van der Waals surface area contributed by atoms with E-state index in [4.69, 9.17) is 4.74 Å². The molecule has 0 aliphatic carbocycles.